The summed E-state index contributed by atoms with van der Waals surface area (Å²) < 4.78 is 34.1. The Hall–Kier alpha value is -4.47. The third-order valence-electron chi connectivity index (χ3n) is 7.41. The molecule has 1 fully saturated rings. The van der Waals surface area contributed by atoms with Gasteiger partial charge >= 0.3 is 0 Å². The predicted molar refractivity (Wildman–Crippen MR) is 150 cm³/mol. The van der Waals surface area contributed by atoms with Gasteiger partial charge in [-0.1, -0.05) is 11.3 Å². The summed E-state index contributed by atoms with van der Waals surface area (Å²) in [6.45, 7) is 4.93. The van der Waals surface area contributed by atoms with E-state index >= 15 is 4.39 Å². The first-order valence-electron chi connectivity index (χ1n) is 13.4. The number of likely N-dealkylation sites (N-methyl/N-ethyl adjacent to an activating group) is 1. The van der Waals surface area contributed by atoms with Crippen LogP contribution in [0.3, 0.4) is 0 Å². The Labute approximate surface area is 234 Å². The van der Waals surface area contributed by atoms with Crippen molar-refractivity contribution in [3.05, 3.63) is 59.9 Å². The summed E-state index contributed by atoms with van der Waals surface area (Å²) in [4.78, 5) is 11.7. The van der Waals surface area contributed by atoms with Crippen molar-refractivity contribution in [2.75, 3.05) is 25.0 Å². The molecule has 2 aromatic carbocycles. The molecule has 1 aliphatic heterocycles. The number of halogens is 2. The molecular weight excluding hydrogens is 528 g/mol. The monoisotopic (exact) mass is 557 g/mol. The van der Waals surface area contributed by atoms with Gasteiger partial charge in [0.2, 0.25) is 0 Å². The van der Waals surface area contributed by atoms with E-state index in [-0.39, 0.29) is 17.7 Å². The van der Waals surface area contributed by atoms with E-state index in [1.807, 2.05) is 13.1 Å². The minimum atomic E-state index is -1.07. The molecule has 1 atom stereocenters. The van der Waals surface area contributed by atoms with Crippen LogP contribution < -0.4 is 10.2 Å². The number of hydrogen-bond donors (Lipinski definition) is 2. The lowest BCUT2D eigenvalue weighted by atomic mass is 10.0. The standard InChI is InChI=1S/C29H29F2N9O/c1-29(2,41)16-40-24-13-22(31)20(12-23(24)36-37-40)26-25(17-6-7-18(14-32)21(30)11-17)35-28-27(34-8-10-39(26)28)38-9-4-5-19(15-38)33-3/h6-8,10-13,19,33,41H,4-5,9,15-16H2,1-3H3/t19-/m1/s1. The summed E-state index contributed by atoms with van der Waals surface area (Å²) >= 11 is 0. The second-order valence-electron chi connectivity index (χ2n) is 11.0. The Morgan fingerprint density at radius 3 is 2.76 bits per heavy atom. The summed E-state index contributed by atoms with van der Waals surface area (Å²) in [6, 6.07) is 9.29. The zero-order chi connectivity index (χ0) is 28.9. The molecular formula is C29H29F2N9O. The van der Waals surface area contributed by atoms with E-state index in [9.17, 15) is 14.8 Å². The van der Waals surface area contributed by atoms with Crippen molar-refractivity contribution < 1.29 is 13.9 Å². The van der Waals surface area contributed by atoms with Gasteiger partial charge in [0.1, 0.15) is 23.2 Å². The maximum Gasteiger partial charge on any atom is 0.181 e. The number of benzene rings is 2. The zero-order valence-electron chi connectivity index (χ0n) is 22.9. The molecule has 1 aliphatic rings. The lowest BCUT2D eigenvalue weighted by Gasteiger charge is -2.33. The molecule has 1 saturated heterocycles. The minimum absolute atomic E-state index is 0.0936. The van der Waals surface area contributed by atoms with Gasteiger partial charge in [0.15, 0.2) is 11.5 Å². The van der Waals surface area contributed by atoms with Gasteiger partial charge < -0.3 is 15.3 Å². The van der Waals surface area contributed by atoms with E-state index in [4.69, 9.17) is 4.98 Å². The number of anilines is 1. The van der Waals surface area contributed by atoms with Crippen molar-refractivity contribution in [3.8, 4) is 28.6 Å². The Morgan fingerprint density at radius 1 is 1.20 bits per heavy atom. The number of imidazole rings is 1. The summed E-state index contributed by atoms with van der Waals surface area (Å²) in [7, 11) is 1.93. The molecule has 0 radical (unpaired) electrons. The quantitative estimate of drug-likeness (QED) is 0.323. The number of rotatable bonds is 6. The maximum atomic E-state index is 16.0. The van der Waals surface area contributed by atoms with Gasteiger partial charge in [0, 0.05) is 48.7 Å². The van der Waals surface area contributed by atoms with Crippen LogP contribution in [0.15, 0.2) is 42.7 Å². The molecule has 41 heavy (non-hydrogen) atoms. The molecule has 6 rings (SSSR count). The predicted octanol–water partition coefficient (Wildman–Crippen LogP) is 3.92. The number of piperidine rings is 1. The van der Waals surface area contributed by atoms with Crippen LogP contribution in [0.5, 0.6) is 0 Å². The van der Waals surface area contributed by atoms with Crippen molar-refractivity contribution in [3.63, 3.8) is 0 Å². The van der Waals surface area contributed by atoms with Crippen LogP contribution >= 0.6 is 0 Å². The molecule has 0 aliphatic carbocycles. The molecule has 0 bridgehead atoms. The summed E-state index contributed by atoms with van der Waals surface area (Å²) in [6.07, 6.45) is 5.38. The highest BCUT2D eigenvalue weighted by Gasteiger charge is 2.27. The number of aliphatic hydroxyl groups is 1. The smallest absolute Gasteiger partial charge is 0.181 e. The van der Waals surface area contributed by atoms with Crippen LogP contribution in [0.1, 0.15) is 32.3 Å². The number of aromatic nitrogens is 6. The highest BCUT2D eigenvalue weighted by atomic mass is 19.1. The lowest BCUT2D eigenvalue weighted by Crippen LogP contribution is -2.44. The normalized spacial score (nSPS) is 16.0. The Balaban J connectivity index is 1.58. The first-order chi connectivity index (χ1) is 19.7. The van der Waals surface area contributed by atoms with Crippen LogP contribution in [-0.4, -0.2) is 66.2 Å². The van der Waals surface area contributed by atoms with E-state index in [0.29, 0.717) is 45.5 Å². The van der Waals surface area contributed by atoms with Crippen LogP contribution in [0.25, 0.3) is 39.2 Å². The van der Waals surface area contributed by atoms with Crippen molar-refractivity contribution >= 4 is 22.5 Å². The molecule has 5 aromatic rings. The maximum absolute atomic E-state index is 16.0. The third-order valence-corrected chi connectivity index (χ3v) is 7.41. The summed E-state index contributed by atoms with van der Waals surface area (Å²) in [5, 5.41) is 31.2. The van der Waals surface area contributed by atoms with E-state index in [0.717, 1.165) is 25.9 Å². The highest BCUT2D eigenvalue weighted by Crippen LogP contribution is 2.38. The Bertz CT molecular complexity index is 1820. The van der Waals surface area contributed by atoms with Gasteiger partial charge in [-0.2, -0.15) is 5.26 Å². The number of nitriles is 1. The Kier molecular flexibility index (Phi) is 6.63. The number of fused-ring (bicyclic) bond motifs is 2. The first-order valence-corrected chi connectivity index (χ1v) is 13.4. The highest BCUT2D eigenvalue weighted by molar-refractivity contribution is 5.89. The number of nitrogens with one attached hydrogen (secondary N) is 1. The lowest BCUT2D eigenvalue weighted by molar-refractivity contribution is 0.0585. The topological polar surface area (TPSA) is 120 Å². The molecule has 0 unspecified atom stereocenters. The van der Waals surface area contributed by atoms with Gasteiger partial charge in [0.05, 0.1) is 34.6 Å². The van der Waals surface area contributed by atoms with Crippen molar-refractivity contribution in [1.29, 1.82) is 5.26 Å². The average molecular weight is 558 g/mol. The zero-order valence-corrected chi connectivity index (χ0v) is 22.9. The van der Waals surface area contributed by atoms with Crippen LogP contribution in [-0.2, 0) is 6.54 Å². The second kappa shape index (κ2) is 10.2. The average Bonchev–Trinajstić information content (AvgIpc) is 3.52. The van der Waals surface area contributed by atoms with Crippen LogP contribution in [0.2, 0.25) is 0 Å². The van der Waals surface area contributed by atoms with E-state index in [1.165, 1.54) is 22.9 Å². The van der Waals surface area contributed by atoms with E-state index < -0.39 is 17.2 Å². The van der Waals surface area contributed by atoms with Crippen LogP contribution in [0.4, 0.5) is 14.6 Å². The van der Waals surface area contributed by atoms with Gasteiger partial charge in [-0.3, -0.25) is 4.40 Å². The molecule has 0 amide bonds. The molecule has 4 heterocycles. The second-order valence-corrected chi connectivity index (χ2v) is 11.0. The number of nitrogens with zero attached hydrogens (tertiary/aromatic N) is 8. The third kappa shape index (κ3) is 4.87. The van der Waals surface area contributed by atoms with Crippen molar-refractivity contribution in [2.24, 2.45) is 0 Å². The fourth-order valence-corrected chi connectivity index (χ4v) is 5.46. The molecule has 3 aromatic heterocycles. The van der Waals surface area contributed by atoms with Crippen LogP contribution in [0, 0.1) is 23.0 Å². The molecule has 12 heteroatoms. The van der Waals surface area contributed by atoms with Gasteiger partial charge in [-0.25, -0.2) is 23.4 Å². The summed E-state index contributed by atoms with van der Waals surface area (Å²) in [5.74, 6) is -0.600. The fourth-order valence-electron chi connectivity index (χ4n) is 5.46. The first kappa shape index (κ1) is 26.7. The van der Waals surface area contributed by atoms with Gasteiger partial charge in [-0.05, 0) is 51.9 Å². The van der Waals surface area contributed by atoms with Crippen molar-refractivity contribution in [2.45, 2.75) is 44.9 Å². The Morgan fingerprint density at radius 2 is 2.02 bits per heavy atom. The molecule has 2 N–H and O–H groups in total. The molecule has 0 spiro atoms. The SMILES string of the molecule is CN[C@@H]1CCCN(c2nccn3c(-c4cc5nnn(CC(C)(C)O)c5cc4F)c(-c4ccc(C#N)c(F)c4)nc23)C1. The number of hydrogen-bond acceptors (Lipinski definition) is 8. The van der Waals surface area contributed by atoms with Gasteiger partial charge in [0.25, 0.3) is 0 Å². The van der Waals surface area contributed by atoms with Gasteiger partial charge in [-0.15, -0.1) is 5.10 Å². The molecule has 210 valence electrons. The van der Waals surface area contributed by atoms with E-state index in [1.54, 1.807) is 42.8 Å². The van der Waals surface area contributed by atoms with E-state index in [2.05, 4.69) is 25.5 Å². The summed E-state index contributed by atoms with van der Waals surface area (Å²) in [5.41, 5.74) is 1.52. The molecule has 10 nitrogen and oxygen atoms in total. The largest absolute Gasteiger partial charge is 0.389 e. The fraction of sp³-hybridized carbons (Fsp3) is 0.345. The molecule has 0 saturated carbocycles. The minimum Gasteiger partial charge on any atom is -0.389 e. The van der Waals surface area contributed by atoms with Crippen molar-refractivity contribution in [1.82, 2.24) is 34.7 Å².